The number of methoxy groups -OCH3 is 2. The maximum absolute atomic E-state index is 13.6. The normalized spacial score (nSPS) is 19.5. The van der Waals surface area contributed by atoms with Crippen LogP contribution < -0.4 is 10.6 Å². The molecule has 0 saturated carbocycles. The second-order valence-corrected chi connectivity index (χ2v) is 16.9. The molecule has 2 aliphatic heterocycles. The lowest BCUT2D eigenvalue weighted by molar-refractivity contribution is -0.135. The number of aromatic nitrogens is 4. The quantitative estimate of drug-likeness (QED) is 0.0968. The highest BCUT2D eigenvalue weighted by Gasteiger charge is 2.39. The van der Waals surface area contributed by atoms with Gasteiger partial charge in [-0.25, -0.2) is 19.6 Å². The lowest BCUT2D eigenvalue weighted by Gasteiger charge is -2.35. The van der Waals surface area contributed by atoms with Crippen LogP contribution in [-0.2, 0) is 14.3 Å². The molecule has 2 fully saturated rings. The Morgan fingerprint density at radius 2 is 1.56 bits per heavy atom. The second kappa shape index (κ2) is 15.7. The van der Waals surface area contributed by atoms with E-state index in [2.05, 4.69) is 44.9 Å². The number of imidazole rings is 2. The summed E-state index contributed by atoms with van der Waals surface area (Å²) < 4.78 is 11.9. The van der Waals surface area contributed by atoms with Crippen LogP contribution in [0, 0.1) is 11.8 Å². The van der Waals surface area contributed by atoms with Gasteiger partial charge in [-0.05, 0) is 67.3 Å². The molecule has 3 amide bonds. The van der Waals surface area contributed by atoms with Gasteiger partial charge in [-0.1, -0.05) is 33.8 Å². The van der Waals surface area contributed by atoms with E-state index >= 15 is 0 Å². The Labute approximate surface area is 321 Å². The highest BCUT2D eigenvalue weighted by Crippen LogP contribution is 2.43. The van der Waals surface area contributed by atoms with Gasteiger partial charge in [-0.2, -0.15) is 0 Å². The van der Waals surface area contributed by atoms with Gasteiger partial charge >= 0.3 is 12.2 Å². The van der Waals surface area contributed by atoms with Crippen molar-refractivity contribution in [2.75, 3.05) is 27.3 Å². The number of aliphatic hydroxyl groups excluding tert-OH is 1. The lowest BCUT2D eigenvalue weighted by atomic mass is 10.0. The molecule has 288 valence electrons. The fraction of sp³-hybridized carbons (Fsp3) is 0.500. The number of nitrogens with one attached hydrogen (secondary N) is 4. The molecule has 54 heavy (non-hydrogen) atoms. The van der Waals surface area contributed by atoms with Crippen molar-refractivity contribution in [2.45, 2.75) is 83.8 Å². The minimum atomic E-state index is -0.890. The van der Waals surface area contributed by atoms with Crippen LogP contribution in [-0.4, -0.2) is 98.6 Å². The number of H-pyrrole nitrogens is 2. The molecule has 0 aliphatic carbocycles. The molecule has 0 radical (unpaired) electrons. The first kappa shape index (κ1) is 37.8. The molecule has 5 aromatic rings. The summed E-state index contributed by atoms with van der Waals surface area (Å²) in [5, 5.41) is 16.9. The number of hydrogen-bond acceptors (Lipinski definition) is 11. The largest absolute Gasteiger partial charge is 0.453 e. The molecular weight excluding hydrogens is 729 g/mol. The zero-order valence-electron chi connectivity index (χ0n) is 31.3. The number of rotatable bonds is 11. The van der Waals surface area contributed by atoms with E-state index in [1.807, 2.05) is 49.8 Å². The number of fused-ring (bicyclic) bond motifs is 2. The van der Waals surface area contributed by atoms with Gasteiger partial charge in [-0.3, -0.25) is 9.69 Å². The van der Waals surface area contributed by atoms with Crippen LogP contribution >= 0.6 is 22.7 Å². The van der Waals surface area contributed by atoms with E-state index in [4.69, 9.17) is 19.4 Å². The fourth-order valence-corrected chi connectivity index (χ4v) is 10.0. The van der Waals surface area contributed by atoms with Crippen molar-refractivity contribution in [3.63, 3.8) is 0 Å². The van der Waals surface area contributed by atoms with Gasteiger partial charge in [-0.15, -0.1) is 22.7 Å². The van der Waals surface area contributed by atoms with Crippen molar-refractivity contribution in [1.29, 1.82) is 0 Å². The Kier molecular flexibility index (Phi) is 11.0. The zero-order chi connectivity index (χ0) is 38.3. The number of carbonyl (C=O) groups excluding carboxylic acids is 3. The van der Waals surface area contributed by atoms with E-state index in [-0.39, 0.29) is 29.8 Å². The topological polar surface area (TPSA) is 178 Å². The van der Waals surface area contributed by atoms with Crippen LogP contribution in [0.15, 0.2) is 36.5 Å². The van der Waals surface area contributed by atoms with E-state index in [1.54, 1.807) is 22.7 Å². The fourth-order valence-electron chi connectivity index (χ4n) is 7.66. The van der Waals surface area contributed by atoms with Crippen LogP contribution in [0.4, 0.5) is 9.59 Å². The number of alkyl carbamates (subject to hydrolysis) is 2. The van der Waals surface area contributed by atoms with Gasteiger partial charge in [0.15, 0.2) is 0 Å². The summed E-state index contributed by atoms with van der Waals surface area (Å²) in [4.78, 5) is 60.3. The third kappa shape index (κ3) is 7.44. The highest BCUT2D eigenvalue weighted by molar-refractivity contribution is 7.31. The summed E-state index contributed by atoms with van der Waals surface area (Å²) in [6.07, 6.45) is 3.17. The SMILES string of the molecule is COC(=O)NC(C(=O)N1CCC[C@H]1c1ncc(-c2cc3sc(-c4ccc5nc([C@@H]6CCCN6C(O)[C@@H](NC(=O)OC)C(C)C)[nH]c5c4)cc3s2)[nH]1)C(C)C. The zero-order valence-corrected chi connectivity index (χ0v) is 33.0. The Balaban J connectivity index is 1.06. The third-order valence-corrected chi connectivity index (χ3v) is 12.9. The van der Waals surface area contributed by atoms with E-state index in [1.165, 1.54) is 23.6 Å². The summed E-state index contributed by atoms with van der Waals surface area (Å²) in [6.45, 7) is 9.05. The monoisotopic (exact) mass is 776 g/mol. The number of benzene rings is 1. The first-order valence-electron chi connectivity index (χ1n) is 18.5. The molecule has 5 N–H and O–H groups in total. The predicted molar refractivity (Wildman–Crippen MR) is 209 cm³/mol. The number of aromatic amines is 2. The number of ether oxygens (including phenoxy) is 2. The minimum absolute atomic E-state index is 0.00551. The Morgan fingerprint density at radius 3 is 2.28 bits per heavy atom. The second-order valence-electron chi connectivity index (χ2n) is 14.7. The summed E-state index contributed by atoms with van der Waals surface area (Å²) >= 11 is 3.43. The van der Waals surface area contributed by atoms with Gasteiger partial charge < -0.3 is 40.1 Å². The van der Waals surface area contributed by atoms with Gasteiger partial charge in [0, 0.05) is 27.4 Å². The highest BCUT2D eigenvalue weighted by atomic mass is 32.1. The average Bonchev–Trinajstić information content (AvgIpc) is 3.99. The maximum Gasteiger partial charge on any atom is 0.407 e. The number of likely N-dealkylation sites (tertiary alicyclic amines) is 2. The molecule has 2 unspecified atom stereocenters. The van der Waals surface area contributed by atoms with E-state index < -0.39 is 30.5 Å². The molecule has 0 bridgehead atoms. The number of aliphatic hydroxyl groups is 1. The van der Waals surface area contributed by atoms with Crippen LogP contribution in [0.25, 0.3) is 41.4 Å². The van der Waals surface area contributed by atoms with Crippen LogP contribution in [0.1, 0.15) is 77.1 Å². The average molecular weight is 777 g/mol. The van der Waals surface area contributed by atoms with Crippen LogP contribution in [0.3, 0.4) is 0 Å². The smallest absolute Gasteiger partial charge is 0.407 e. The minimum Gasteiger partial charge on any atom is -0.453 e. The van der Waals surface area contributed by atoms with Crippen molar-refractivity contribution in [1.82, 2.24) is 40.4 Å². The summed E-state index contributed by atoms with van der Waals surface area (Å²) in [5.41, 5.74) is 3.79. The standard InChI is InChI=1S/C38H48N8O6S2/c1-19(2)31(43-37(49)51-5)35(47)45-13-7-9-25(45)33-39-18-24(42-33)28-17-30-29(54-28)16-27(53-30)21-11-12-22-23(15-21)41-34(40-22)26-10-8-14-46(26)36(48)32(20(3)4)44-38(50)52-6/h11-12,15-20,25-26,31-32,36,48H,7-10,13-14H2,1-6H3,(H,39,42)(H,40,41)(H,43,49)(H,44,50)/t25-,26-,31?,32-,36?/m0/s1. The van der Waals surface area contributed by atoms with E-state index in [9.17, 15) is 19.5 Å². The van der Waals surface area contributed by atoms with Gasteiger partial charge in [0.05, 0.1) is 60.1 Å². The molecule has 5 atom stereocenters. The maximum atomic E-state index is 13.6. The van der Waals surface area contributed by atoms with E-state index in [0.29, 0.717) is 13.1 Å². The molecule has 7 rings (SSSR count). The van der Waals surface area contributed by atoms with Crippen molar-refractivity contribution < 1.29 is 29.0 Å². The Hall–Kier alpha value is -4.51. The molecule has 16 heteroatoms. The molecule has 0 spiro atoms. The molecule has 2 saturated heterocycles. The number of thiophene rings is 2. The van der Waals surface area contributed by atoms with E-state index in [0.717, 1.165) is 69.4 Å². The van der Waals surface area contributed by atoms with Crippen molar-refractivity contribution in [2.24, 2.45) is 11.8 Å². The van der Waals surface area contributed by atoms with Gasteiger partial charge in [0.1, 0.15) is 23.9 Å². The number of hydrogen-bond donors (Lipinski definition) is 5. The van der Waals surface area contributed by atoms with Gasteiger partial charge in [0.2, 0.25) is 5.91 Å². The Bertz CT molecular complexity index is 2110. The van der Waals surface area contributed by atoms with Crippen molar-refractivity contribution in [3.8, 4) is 21.0 Å². The summed E-state index contributed by atoms with van der Waals surface area (Å²) in [5.74, 6) is 1.31. The van der Waals surface area contributed by atoms with Crippen molar-refractivity contribution in [3.05, 3.63) is 48.2 Å². The Morgan fingerprint density at radius 1 is 0.870 bits per heavy atom. The molecular formula is C38H48N8O6S2. The third-order valence-electron chi connectivity index (χ3n) is 10.6. The van der Waals surface area contributed by atoms with Gasteiger partial charge in [0.25, 0.3) is 0 Å². The number of nitrogens with zero attached hydrogens (tertiary/aromatic N) is 4. The predicted octanol–water partition coefficient (Wildman–Crippen LogP) is 6.78. The first-order chi connectivity index (χ1) is 25.9. The van der Waals surface area contributed by atoms with Crippen LogP contribution in [0.2, 0.25) is 0 Å². The summed E-state index contributed by atoms with van der Waals surface area (Å²) in [6, 6.07) is 9.19. The molecule has 2 aliphatic rings. The first-order valence-corrected chi connectivity index (χ1v) is 20.1. The number of amides is 3. The molecule has 4 aromatic heterocycles. The molecule has 6 heterocycles. The summed E-state index contributed by atoms with van der Waals surface area (Å²) in [7, 11) is 2.62. The van der Waals surface area contributed by atoms with Crippen LogP contribution in [0.5, 0.6) is 0 Å². The number of carbonyl (C=O) groups is 3. The lowest BCUT2D eigenvalue weighted by Crippen LogP contribution is -2.54. The molecule has 1 aromatic carbocycles. The van der Waals surface area contributed by atoms with Crippen molar-refractivity contribution >= 4 is 61.2 Å². The molecule has 14 nitrogen and oxygen atoms in total.